The molecule has 0 N–H and O–H groups in total. The van der Waals surface area contributed by atoms with Crippen molar-refractivity contribution < 1.29 is 17.9 Å². The van der Waals surface area contributed by atoms with Crippen LogP contribution in [0.4, 0.5) is 0 Å². The molecule has 1 aromatic carbocycles. The van der Waals surface area contributed by atoms with Crippen LogP contribution in [0.1, 0.15) is 13.8 Å². The highest BCUT2D eigenvalue weighted by atomic mass is 79.9. The molecule has 4 nitrogen and oxygen atoms in total. The van der Waals surface area contributed by atoms with Gasteiger partial charge in [-0.3, -0.25) is 0 Å². The number of carbonyl (C=O) groups excluding carboxylic acids is 1. The monoisotopic (exact) mass is 360 g/mol. The van der Waals surface area contributed by atoms with E-state index in [1.807, 2.05) is 0 Å². The molecule has 1 rings (SSSR count). The van der Waals surface area contributed by atoms with E-state index in [9.17, 15) is 13.2 Å². The lowest BCUT2D eigenvalue weighted by atomic mass is 10.3. The SMILES string of the molecule is CC(C)=CC(=O)OCC(Br)CS(=O)(=O)c1ccccc1. The van der Waals surface area contributed by atoms with Crippen molar-refractivity contribution in [2.24, 2.45) is 0 Å². The maximum Gasteiger partial charge on any atom is 0.330 e. The van der Waals surface area contributed by atoms with Crippen molar-refractivity contribution in [1.29, 1.82) is 0 Å². The van der Waals surface area contributed by atoms with E-state index in [2.05, 4.69) is 15.9 Å². The van der Waals surface area contributed by atoms with Crippen LogP contribution in [-0.2, 0) is 19.4 Å². The number of alkyl halides is 1. The minimum absolute atomic E-state index is 0.00861. The van der Waals surface area contributed by atoms with Gasteiger partial charge in [0.05, 0.1) is 15.5 Å². The molecule has 0 bridgehead atoms. The van der Waals surface area contributed by atoms with Crippen LogP contribution in [0.5, 0.6) is 0 Å². The van der Waals surface area contributed by atoms with Gasteiger partial charge in [-0.1, -0.05) is 39.7 Å². The Kier molecular flexibility index (Phi) is 6.42. The number of sulfone groups is 1. The third-order valence-electron chi connectivity index (χ3n) is 2.32. The Morgan fingerprint density at radius 3 is 2.45 bits per heavy atom. The molecule has 0 heterocycles. The summed E-state index contributed by atoms with van der Waals surface area (Å²) >= 11 is 3.23. The maximum atomic E-state index is 12.1. The van der Waals surface area contributed by atoms with E-state index in [1.165, 1.54) is 6.08 Å². The Hall–Kier alpha value is -1.14. The van der Waals surface area contributed by atoms with Gasteiger partial charge in [-0.05, 0) is 26.0 Å². The van der Waals surface area contributed by atoms with Crippen molar-refractivity contribution in [2.45, 2.75) is 23.6 Å². The van der Waals surface area contributed by atoms with E-state index in [1.54, 1.807) is 44.2 Å². The zero-order chi connectivity index (χ0) is 15.2. The molecular weight excluding hydrogens is 344 g/mol. The lowest BCUT2D eigenvalue weighted by Gasteiger charge is -2.10. The summed E-state index contributed by atoms with van der Waals surface area (Å²) in [5, 5.41) is 0. The molecule has 0 spiro atoms. The molecule has 0 radical (unpaired) electrons. The van der Waals surface area contributed by atoms with E-state index >= 15 is 0 Å². The summed E-state index contributed by atoms with van der Waals surface area (Å²) in [5.74, 6) is -0.592. The summed E-state index contributed by atoms with van der Waals surface area (Å²) in [6, 6.07) is 8.19. The predicted molar refractivity (Wildman–Crippen MR) is 81.6 cm³/mol. The number of halogens is 1. The van der Waals surface area contributed by atoms with E-state index in [0.29, 0.717) is 0 Å². The van der Waals surface area contributed by atoms with Crippen LogP contribution in [0.15, 0.2) is 46.9 Å². The Balaban J connectivity index is 2.57. The fourth-order valence-corrected chi connectivity index (χ4v) is 3.97. The quantitative estimate of drug-likeness (QED) is 0.444. The van der Waals surface area contributed by atoms with Crippen LogP contribution in [0.2, 0.25) is 0 Å². The van der Waals surface area contributed by atoms with E-state index in [-0.39, 0.29) is 17.3 Å². The third kappa shape index (κ3) is 5.88. The fourth-order valence-electron chi connectivity index (χ4n) is 1.46. The normalized spacial score (nSPS) is 12.6. The second kappa shape index (κ2) is 7.59. The number of ether oxygens (including phenoxy) is 1. The molecule has 20 heavy (non-hydrogen) atoms. The number of rotatable bonds is 6. The Bertz CT molecular complexity index is 574. The first kappa shape index (κ1) is 16.9. The lowest BCUT2D eigenvalue weighted by Crippen LogP contribution is -2.22. The molecule has 1 aromatic rings. The summed E-state index contributed by atoms with van der Waals surface area (Å²) in [4.78, 5) is 11.1. The summed E-state index contributed by atoms with van der Waals surface area (Å²) in [7, 11) is -3.38. The molecule has 1 atom stereocenters. The zero-order valence-electron chi connectivity index (χ0n) is 11.4. The molecular formula is C14H17BrO4S. The number of esters is 1. The Labute approximate surface area is 127 Å². The van der Waals surface area contributed by atoms with Crippen molar-refractivity contribution in [1.82, 2.24) is 0 Å². The van der Waals surface area contributed by atoms with Crippen LogP contribution < -0.4 is 0 Å². The first-order valence-electron chi connectivity index (χ1n) is 6.05. The molecule has 1 unspecified atom stereocenters. The van der Waals surface area contributed by atoms with Crippen molar-refractivity contribution >= 4 is 31.7 Å². The van der Waals surface area contributed by atoms with Gasteiger partial charge in [0.25, 0.3) is 0 Å². The molecule has 6 heteroatoms. The predicted octanol–water partition coefficient (Wildman–Crippen LogP) is 2.73. The molecule has 0 aliphatic carbocycles. The van der Waals surface area contributed by atoms with E-state index in [4.69, 9.17) is 4.74 Å². The van der Waals surface area contributed by atoms with Crippen molar-refractivity contribution in [3.8, 4) is 0 Å². The van der Waals surface area contributed by atoms with Gasteiger partial charge in [0.15, 0.2) is 9.84 Å². The second-order valence-electron chi connectivity index (χ2n) is 4.54. The second-order valence-corrected chi connectivity index (χ2v) is 7.87. The summed E-state index contributed by atoms with van der Waals surface area (Å²) in [5.41, 5.74) is 0.832. The largest absolute Gasteiger partial charge is 0.461 e. The molecule has 0 aromatic heterocycles. The number of benzene rings is 1. The highest BCUT2D eigenvalue weighted by Gasteiger charge is 2.20. The van der Waals surface area contributed by atoms with Gasteiger partial charge in [-0.25, -0.2) is 13.2 Å². The van der Waals surface area contributed by atoms with Crippen LogP contribution >= 0.6 is 15.9 Å². The average Bonchev–Trinajstić information content (AvgIpc) is 2.36. The summed E-state index contributed by atoms with van der Waals surface area (Å²) in [6.07, 6.45) is 1.37. The number of hydrogen-bond acceptors (Lipinski definition) is 4. The smallest absolute Gasteiger partial charge is 0.330 e. The van der Waals surface area contributed by atoms with Gasteiger partial charge in [0.1, 0.15) is 6.61 Å². The van der Waals surface area contributed by atoms with Crippen molar-refractivity contribution in [3.05, 3.63) is 42.0 Å². The molecule has 0 saturated carbocycles. The molecule has 0 aliphatic heterocycles. The zero-order valence-corrected chi connectivity index (χ0v) is 13.8. The van der Waals surface area contributed by atoms with E-state index < -0.39 is 20.6 Å². The highest BCUT2D eigenvalue weighted by molar-refractivity contribution is 9.09. The van der Waals surface area contributed by atoms with Crippen molar-refractivity contribution in [3.63, 3.8) is 0 Å². The number of allylic oxidation sites excluding steroid dienone is 1. The molecule has 0 amide bonds. The van der Waals surface area contributed by atoms with Crippen LogP contribution in [-0.4, -0.2) is 31.6 Å². The molecule has 110 valence electrons. The summed E-state index contributed by atoms with van der Waals surface area (Å²) in [6.45, 7) is 3.58. The standard InChI is InChI=1S/C14H17BrO4S/c1-11(2)8-14(16)19-9-12(15)10-20(17,18)13-6-4-3-5-7-13/h3-8,12H,9-10H2,1-2H3. The Morgan fingerprint density at radius 2 is 1.90 bits per heavy atom. The molecule has 0 aliphatic rings. The maximum absolute atomic E-state index is 12.1. The topological polar surface area (TPSA) is 60.4 Å². The Morgan fingerprint density at radius 1 is 1.30 bits per heavy atom. The van der Waals surface area contributed by atoms with Crippen LogP contribution in [0.3, 0.4) is 0 Å². The minimum Gasteiger partial charge on any atom is -0.461 e. The van der Waals surface area contributed by atoms with Gasteiger partial charge < -0.3 is 4.74 Å². The van der Waals surface area contributed by atoms with Crippen molar-refractivity contribution in [2.75, 3.05) is 12.4 Å². The number of hydrogen-bond donors (Lipinski definition) is 0. The van der Waals surface area contributed by atoms with Gasteiger partial charge in [0.2, 0.25) is 0 Å². The first-order valence-corrected chi connectivity index (χ1v) is 8.61. The molecule has 0 fully saturated rings. The highest BCUT2D eigenvalue weighted by Crippen LogP contribution is 2.14. The lowest BCUT2D eigenvalue weighted by molar-refractivity contribution is -0.137. The third-order valence-corrected chi connectivity index (χ3v) is 5.16. The van der Waals surface area contributed by atoms with Crippen LogP contribution in [0, 0.1) is 0 Å². The number of carbonyl (C=O) groups is 1. The molecule has 0 saturated heterocycles. The fraction of sp³-hybridized carbons (Fsp3) is 0.357. The van der Waals surface area contributed by atoms with Gasteiger partial charge in [0, 0.05) is 6.08 Å². The van der Waals surface area contributed by atoms with Gasteiger partial charge in [-0.2, -0.15) is 0 Å². The summed E-state index contributed by atoms with van der Waals surface area (Å²) < 4.78 is 29.1. The van der Waals surface area contributed by atoms with E-state index in [0.717, 1.165) is 5.57 Å². The van der Waals surface area contributed by atoms with Gasteiger partial charge >= 0.3 is 5.97 Å². The average molecular weight is 361 g/mol. The first-order chi connectivity index (χ1) is 9.31. The van der Waals surface area contributed by atoms with Crippen LogP contribution in [0.25, 0.3) is 0 Å². The van der Waals surface area contributed by atoms with Gasteiger partial charge in [-0.15, -0.1) is 0 Å². The minimum atomic E-state index is -3.38.